The number of aliphatic carboxylic acids is 1. The van der Waals surface area contributed by atoms with Gasteiger partial charge in [0.1, 0.15) is 0 Å². The van der Waals surface area contributed by atoms with Crippen molar-refractivity contribution in [3.05, 3.63) is 35.4 Å². The lowest BCUT2D eigenvalue weighted by Gasteiger charge is -2.13. The van der Waals surface area contributed by atoms with Crippen LogP contribution < -0.4 is 0 Å². The van der Waals surface area contributed by atoms with Gasteiger partial charge in [-0.15, -0.1) is 0 Å². The van der Waals surface area contributed by atoms with Gasteiger partial charge in [0.15, 0.2) is 0 Å². The number of carboxylic acids is 1. The Balaban J connectivity index is 2.96. The standard InChI is InChI=1S/C12H16O2/c1-3-9(2)11-7-5-4-6-10(11)8-12(13)14/h4-7,9H,3,8H2,1-2H3,(H,13,14)/t9-/m0/s1. The number of carbonyl (C=O) groups is 1. The summed E-state index contributed by atoms with van der Waals surface area (Å²) in [6, 6.07) is 7.78. The lowest BCUT2D eigenvalue weighted by Crippen LogP contribution is -2.05. The zero-order chi connectivity index (χ0) is 10.6. The second-order valence-corrected chi connectivity index (χ2v) is 3.58. The Morgan fingerprint density at radius 2 is 2.07 bits per heavy atom. The first-order chi connectivity index (χ1) is 6.65. The highest BCUT2D eigenvalue weighted by atomic mass is 16.4. The Bertz CT molecular complexity index is 318. The Kier molecular flexibility index (Phi) is 3.69. The maximum Gasteiger partial charge on any atom is 0.307 e. The van der Waals surface area contributed by atoms with Crippen LogP contribution >= 0.6 is 0 Å². The minimum Gasteiger partial charge on any atom is -0.481 e. The van der Waals surface area contributed by atoms with Crippen molar-refractivity contribution >= 4 is 5.97 Å². The molecule has 0 fully saturated rings. The van der Waals surface area contributed by atoms with E-state index in [0.717, 1.165) is 17.5 Å². The molecule has 1 aromatic carbocycles. The topological polar surface area (TPSA) is 37.3 Å². The van der Waals surface area contributed by atoms with Gasteiger partial charge in [-0.05, 0) is 23.5 Å². The monoisotopic (exact) mass is 192 g/mol. The van der Waals surface area contributed by atoms with Crippen molar-refractivity contribution in [1.82, 2.24) is 0 Å². The summed E-state index contributed by atoms with van der Waals surface area (Å²) < 4.78 is 0. The third-order valence-corrected chi connectivity index (χ3v) is 2.54. The summed E-state index contributed by atoms with van der Waals surface area (Å²) in [4.78, 5) is 10.6. The molecule has 0 aliphatic heterocycles. The molecule has 0 radical (unpaired) electrons. The van der Waals surface area contributed by atoms with Crippen molar-refractivity contribution < 1.29 is 9.90 Å². The average Bonchev–Trinajstić information content (AvgIpc) is 2.16. The summed E-state index contributed by atoms with van der Waals surface area (Å²) in [5, 5.41) is 8.75. The fourth-order valence-corrected chi connectivity index (χ4v) is 1.56. The highest BCUT2D eigenvalue weighted by molar-refractivity contribution is 5.70. The van der Waals surface area contributed by atoms with Gasteiger partial charge in [0, 0.05) is 0 Å². The lowest BCUT2D eigenvalue weighted by molar-refractivity contribution is -0.136. The van der Waals surface area contributed by atoms with Crippen LogP contribution in [0.2, 0.25) is 0 Å². The van der Waals surface area contributed by atoms with Crippen LogP contribution in [0.3, 0.4) is 0 Å². The van der Waals surface area contributed by atoms with E-state index in [0.29, 0.717) is 5.92 Å². The summed E-state index contributed by atoms with van der Waals surface area (Å²) >= 11 is 0. The summed E-state index contributed by atoms with van der Waals surface area (Å²) in [7, 11) is 0. The van der Waals surface area contributed by atoms with E-state index in [9.17, 15) is 4.79 Å². The normalized spacial score (nSPS) is 12.4. The van der Waals surface area contributed by atoms with E-state index in [4.69, 9.17) is 5.11 Å². The SMILES string of the molecule is CC[C@H](C)c1ccccc1CC(=O)O. The summed E-state index contributed by atoms with van der Waals surface area (Å²) in [6.45, 7) is 4.24. The third kappa shape index (κ3) is 2.59. The van der Waals surface area contributed by atoms with E-state index >= 15 is 0 Å². The summed E-state index contributed by atoms with van der Waals surface area (Å²) in [5.74, 6) is -0.327. The molecule has 14 heavy (non-hydrogen) atoms. The Hall–Kier alpha value is -1.31. The maximum atomic E-state index is 10.6. The van der Waals surface area contributed by atoms with Crippen LogP contribution in [0.4, 0.5) is 0 Å². The first-order valence-corrected chi connectivity index (χ1v) is 4.94. The molecule has 0 bridgehead atoms. The quantitative estimate of drug-likeness (QED) is 0.796. The molecule has 1 rings (SSSR count). The number of carboxylic acid groups (broad SMARTS) is 1. The zero-order valence-corrected chi connectivity index (χ0v) is 8.66. The van der Waals surface area contributed by atoms with Crippen molar-refractivity contribution in [3.63, 3.8) is 0 Å². The van der Waals surface area contributed by atoms with Gasteiger partial charge < -0.3 is 5.11 Å². The summed E-state index contributed by atoms with van der Waals surface area (Å²) in [6.07, 6.45) is 1.16. The molecule has 0 amide bonds. The van der Waals surface area contributed by atoms with Gasteiger partial charge in [-0.3, -0.25) is 4.79 Å². The van der Waals surface area contributed by atoms with Crippen molar-refractivity contribution in [2.75, 3.05) is 0 Å². The number of hydrogen-bond acceptors (Lipinski definition) is 1. The minimum absolute atomic E-state index is 0.126. The van der Waals surface area contributed by atoms with E-state index in [2.05, 4.69) is 13.8 Å². The fourth-order valence-electron chi connectivity index (χ4n) is 1.56. The van der Waals surface area contributed by atoms with Crippen LogP contribution in [0.15, 0.2) is 24.3 Å². The van der Waals surface area contributed by atoms with Crippen molar-refractivity contribution in [1.29, 1.82) is 0 Å². The molecule has 2 nitrogen and oxygen atoms in total. The van der Waals surface area contributed by atoms with Gasteiger partial charge in [0.05, 0.1) is 6.42 Å². The molecule has 0 saturated carbocycles. The molecule has 1 atom stereocenters. The van der Waals surface area contributed by atoms with E-state index in [-0.39, 0.29) is 6.42 Å². The molecule has 0 spiro atoms. The first kappa shape index (κ1) is 10.8. The molecule has 1 aromatic rings. The fraction of sp³-hybridized carbons (Fsp3) is 0.417. The molecular weight excluding hydrogens is 176 g/mol. The lowest BCUT2D eigenvalue weighted by atomic mass is 9.92. The molecule has 0 aliphatic rings. The van der Waals surface area contributed by atoms with Gasteiger partial charge in [-0.1, -0.05) is 38.1 Å². The molecule has 0 aromatic heterocycles. The average molecular weight is 192 g/mol. The van der Waals surface area contributed by atoms with Gasteiger partial charge in [0.2, 0.25) is 0 Å². The smallest absolute Gasteiger partial charge is 0.307 e. The van der Waals surface area contributed by atoms with Crippen molar-refractivity contribution in [2.24, 2.45) is 0 Å². The second kappa shape index (κ2) is 4.80. The van der Waals surface area contributed by atoms with Gasteiger partial charge in [-0.25, -0.2) is 0 Å². The van der Waals surface area contributed by atoms with Crippen LogP contribution in [0, 0.1) is 0 Å². The van der Waals surface area contributed by atoms with Crippen LogP contribution in [-0.2, 0) is 11.2 Å². The van der Waals surface area contributed by atoms with E-state index in [1.807, 2.05) is 24.3 Å². The predicted octanol–water partition coefficient (Wildman–Crippen LogP) is 2.83. The molecule has 76 valence electrons. The van der Waals surface area contributed by atoms with E-state index < -0.39 is 5.97 Å². The van der Waals surface area contributed by atoms with Gasteiger partial charge in [-0.2, -0.15) is 0 Å². The Morgan fingerprint density at radius 1 is 1.43 bits per heavy atom. The van der Waals surface area contributed by atoms with E-state index in [1.54, 1.807) is 0 Å². The van der Waals surface area contributed by atoms with E-state index in [1.165, 1.54) is 0 Å². The van der Waals surface area contributed by atoms with Gasteiger partial charge >= 0.3 is 5.97 Å². The predicted molar refractivity (Wildman–Crippen MR) is 56.5 cm³/mol. The number of rotatable bonds is 4. The van der Waals surface area contributed by atoms with Gasteiger partial charge in [0.25, 0.3) is 0 Å². The molecule has 0 aliphatic carbocycles. The molecular formula is C12H16O2. The zero-order valence-electron chi connectivity index (χ0n) is 8.66. The third-order valence-electron chi connectivity index (χ3n) is 2.54. The molecule has 0 unspecified atom stereocenters. The Labute approximate surface area is 84.6 Å². The highest BCUT2D eigenvalue weighted by Crippen LogP contribution is 2.22. The largest absolute Gasteiger partial charge is 0.481 e. The molecule has 0 saturated heterocycles. The minimum atomic E-state index is -0.763. The van der Waals surface area contributed by atoms with Crippen LogP contribution in [0.5, 0.6) is 0 Å². The maximum absolute atomic E-state index is 10.6. The van der Waals surface area contributed by atoms with Crippen molar-refractivity contribution in [3.8, 4) is 0 Å². The number of benzene rings is 1. The second-order valence-electron chi connectivity index (χ2n) is 3.58. The highest BCUT2D eigenvalue weighted by Gasteiger charge is 2.10. The summed E-state index contributed by atoms with van der Waals surface area (Å²) in [5.41, 5.74) is 2.10. The Morgan fingerprint density at radius 3 is 2.64 bits per heavy atom. The van der Waals surface area contributed by atoms with Crippen LogP contribution in [-0.4, -0.2) is 11.1 Å². The first-order valence-electron chi connectivity index (χ1n) is 4.94. The molecule has 0 heterocycles. The van der Waals surface area contributed by atoms with Crippen molar-refractivity contribution in [2.45, 2.75) is 32.6 Å². The number of hydrogen-bond donors (Lipinski definition) is 1. The van der Waals surface area contributed by atoms with Crippen LogP contribution in [0.25, 0.3) is 0 Å². The molecule has 2 heteroatoms. The molecule has 1 N–H and O–H groups in total. The van der Waals surface area contributed by atoms with Crippen LogP contribution in [0.1, 0.15) is 37.3 Å².